The summed E-state index contributed by atoms with van der Waals surface area (Å²) in [5.74, 6) is 1.14. The molecular formula is C13H24F3NS. The van der Waals surface area contributed by atoms with E-state index in [1.165, 1.54) is 6.42 Å². The van der Waals surface area contributed by atoms with Crippen molar-refractivity contribution in [2.24, 2.45) is 0 Å². The van der Waals surface area contributed by atoms with Gasteiger partial charge in [0.05, 0.1) is 0 Å². The van der Waals surface area contributed by atoms with E-state index in [0.717, 1.165) is 25.1 Å². The van der Waals surface area contributed by atoms with Crippen molar-refractivity contribution in [2.75, 3.05) is 12.3 Å². The van der Waals surface area contributed by atoms with Crippen molar-refractivity contribution >= 4 is 11.8 Å². The monoisotopic (exact) mass is 283 g/mol. The summed E-state index contributed by atoms with van der Waals surface area (Å²) in [6.45, 7) is 5.18. The highest BCUT2D eigenvalue weighted by molar-refractivity contribution is 8.00. The van der Waals surface area contributed by atoms with Gasteiger partial charge in [-0.1, -0.05) is 6.92 Å². The van der Waals surface area contributed by atoms with Gasteiger partial charge in [-0.3, -0.25) is 0 Å². The number of hydrogen-bond donors (Lipinski definition) is 1. The van der Waals surface area contributed by atoms with Gasteiger partial charge in [0.25, 0.3) is 0 Å². The van der Waals surface area contributed by atoms with Gasteiger partial charge in [-0.15, -0.1) is 0 Å². The second-order valence-corrected chi connectivity index (χ2v) is 6.91. The first-order chi connectivity index (χ1) is 8.37. The molecule has 18 heavy (non-hydrogen) atoms. The molecule has 0 saturated carbocycles. The molecule has 1 aliphatic rings. The van der Waals surface area contributed by atoms with Crippen LogP contribution in [0, 0.1) is 0 Å². The Labute approximate surface area is 112 Å². The molecule has 1 saturated heterocycles. The van der Waals surface area contributed by atoms with Crippen molar-refractivity contribution in [1.29, 1.82) is 0 Å². The summed E-state index contributed by atoms with van der Waals surface area (Å²) in [6.07, 6.45) is -0.479. The molecule has 0 aliphatic carbocycles. The molecule has 1 nitrogen and oxygen atoms in total. The molecule has 1 fully saturated rings. The fourth-order valence-electron chi connectivity index (χ4n) is 2.52. The van der Waals surface area contributed by atoms with E-state index in [0.29, 0.717) is 6.42 Å². The molecule has 1 aliphatic heterocycles. The van der Waals surface area contributed by atoms with Crippen LogP contribution < -0.4 is 5.32 Å². The van der Waals surface area contributed by atoms with E-state index in [-0.39, 0.29) is 17.2 Å². The topological polar surface area (TPSA) is 12.0 Å². The van der Waals surface area contributed by atoms with Gasteiger partial charge in [-0.2, -0.15) is 24.9 Å². The van der Waals surface area contributed by atoms with Gasteiger partial charge in [0, 0.05) is 17.2 Å². The largest absolute Gasteiger partial charge is 0.389 e. The van der Waals surface area contributed by atoms with E-state index in [1.54, 1.807) is 0 Å². The molecule has 0 aromatic rings. The van der Waals surface area contributed by atoms with E-state index in [4.69, 9.17) is 0 Å². The van der Waals surface area contributed by atoms with E-state index >= 15 is 0 Å². The molecule has 1 N–H and O–H groups in total. The summed E-state index contributed by atoms with van der Waals surface area (Å²) in [4.78, 5) is 0. The molecule has 0 amide bonds. The third kappa shape index (κ3) is 5.39. The Balaban J connectivity index is 2.45. The lowest BCUT2D eigenvalue weighted by molar-refractivity contribution is -0.135. The minimum Gasteiger partial charge on any atom is -0.313 e. The van der Waals surface area contributed by atoms with Crippen molar-refractivity contribution in [1.82, 2.24) is 5.32 Å². The van der Waals surface area contributed by atoms with Gasteiger partial charge >= 0.3 is 6.18 Å². The van der Waals surface area contributed by atoms with Crippen LogP contribution in [0.1, 0.15) is 52.4 Å². The van der Waals surface area contributed by atoms with Crippen molar-refractivity contribution in [3.63, 3.8) is 0 Å². The molecular weight excluding hydrogens is 259 g/mol. The van der Waals surface area contributed by atoms with Crippen LogP contribution in [0.5, 0.6) is 0 Å². The van der Waals surface area contributed by atoms with Crippen LogP contribution in [-0.4, -0.2) is 29.3 Å². The summed E-state index contributed by atoms with van der Waals surface area (Å²) in [5.41, 5.74) is 0. The van der Waals surface area contributed by atoms with Crippen LogP contribution >= 0.6 is 11.8 Å². The van der Waals surface area contributed by atoms with Crippen LogP contribution in [0.2, 0.25) is 0 Å². The number of alkyl halides is 3. The van der Waals surface area contributed by atoms with Crippen LogP contribution in [0.15, 0.2) is 0 Å². The van der Waals surface area contributed by atoms with E-state index < -0.39 is 12.6 Å². The standard InChI is InChI=1S/C13H24F3NS/c1-3-9-17-11(6-4-8-13(14,15)16)12(2)7-5-10-18-12/h11,17H,3-10H2,1-2H3. The maximum absolute atomic E-state index is 12.2. The zero-order valence-corrected chi connectivity index (χ0v) is 12.1. The number of halogens is 3. The predicted octanol–water partition coefficient (Wildman–Crippen LogP) is 4.37. The minimum atomic E-state index is -4.01. The fraction of sp³-hybridized carbons (Fsp3) is 1.00. The number of nitrogens with one attached hydrogen (secondary N) is 1. The summed E-state index contributed by atoms with van der Waals surface area (Å²) in [7, 11) is 0. The highest BCUT2D eigenvalue weighted by atomic mass is 32.2. The molecule has 0 bridgehead atoms. The average Bonchev–Trinajstić information content (AvgIpc) is 2.69. The van der Waals surface area contributed by atoms with E-state index in [2.05, 4.69) is 19.2 Å². The molecule has 5 heteroatoms. The SMILES string of the molecule is CCCNC(CCCC(F)(F)F)C1(C)CCCS1. The van der Waals surface area contributed by atoms with Crippen LogP contribution in [0.3, 0.4) is 0 Å². The van der Waals surface area contributed by atoms with Gasteiger partial charge in [0.2, 0.25) is 0 Å². The minimum absolute atomic E-state index is 0.126. The van der Waals surface area contributed by atoms with E-state index in [9.17, 15) is 13.2 Å². The maximum Gasteiger partial charge on any atom is 0.389 e. The number of rotatable bonds is 7. The van der Waals surface area contributed by atoms with Crippen molar-refractivity contribution < 1.29 is 13.2 Å². The molecule has 1 rings (SSSR count). The third-order valence-electron chi connectivity index (χ3n) is 3.58. The Kier molecular flexibility index (Phi) is 6.31. The fourth-order valence-corrected chi connectivity index (χ4v) is 3.97. The highest BCUT2D eigenvalue weighted by Gasteiger charge is 2.37. The molecule has 2 atom stereocenters. The van der Waals surface area contributed by atoms with Gasteiger partial charge < -0.3 is 5.32 Å². The average molecular weight is 283 g/mol. The van der Waals surface area contributed by atoms with Gasteiger partial charge in [-0.05, 0) is 51.3 Å². The molecule has 0 radical (unpaired) electrons. The van der Waals surface area contributed by atoms with Gasteiger partial charge in [-0.25, -0.2) is 0 Å². The normalized spacial score (nSPS) is 26.5. The van der Waals surface area contributed by atoms with Crippen molar-refractivity contribution in [3.8, 4) is 0 Å². The summed E-state index contributed by atoms with van der Waals surface area (Å²) in [5, 5.41) is 3.45. The van der Waals surface area contributed by atoms with Crippen LogP contribution in [0.25, 0.3) is 0 Å². The first-order valence-corrected chi connectivity index (χ1v) is 7.80. The molecule has 0 spiro atoms. The zero-order chi connectivity index (χ0) is 13.6. The van der Waals surface area contributed by atoms with Gasteiger partial charge in [0.15, 0.2) is 0 Å². The summed E-state index contributed by atoms with van der Waals surface area (Å²) >= 11 is 1.92. The van der Waals surface area contributed by atoms with Crippen molar-refractivity contribution in [3.05, 3.63) is 0 Å². The lowest BCUT2D eigenvalue weighted by atomic mass is 9.91. The second kappa shape index (κ2) is 7.04. The summed E-state index contributed by atoms with van der Waals surface area (Å²) < 4.78 is 36.7. The quantitative estimate of drug-likeness (QED) is 0.744. The second-order valence-electron chi connectivity index (χ2n) is 5.28. The number of hydrogen-bond acceptors (Lipinski definition) is 2. The lowest BCUT2D eigenvalue weighted by Gasteiger charge is -2.34. The Morgan fingerprint density at radius 1 is 1.39 bits per heavy atom. The molecule has 0 aromatic carbocycles. The highest BCUT2D eigenvalue weighted by Crippen LogP contribution is 2.42. The van der Waals surface area contributed by atoms with Crippen LogP contribution in [0.4, 0.5) is 13.2 Å². The zero-order valence-electron chi connectivity index (χ0n) is 11.3. The molecule has 2 unspecified atom stereocenters. The Morgan fingerprint density at radius 3 is 2.61 bits per heavy atom. The van der Waals surface area contributed by atoms with Crippen molar-refractivity contribution in [2.45, 2.75) is 69.3 Å². The Morgan fingerprint density at radius 2 is 2.11 bits per heavy atom. The van der Waals surface area contributed by atoms with E-state index in [1.807, 2.05) is 11.8 Å². The predicted molar refractivity (Wildman–Crippen MR) is 72.1 cm³/mol. The Hall–Kier alpha value is 0.100. The maximum atomic E-state index is 12.2. The summed E-state index contributed by atoms with van der Waals surface area (Å²) in [6, 6.07) is 0.215. The molecule has 0 aromatic heterocycles. The number of thioether (sulfide) groups is 1. The third-order valence-corrected chi connectivity index (χ3v) is 5.22. The lowest BCUT2D eigenvalue weighted by Crippen LogP contribution is -2.45. The smallest absolute Gasteiger partial charge is 0.313 e. The molecule has 108 valence electrons. The first-order valence-electron chi connectivity index (χ1n) is 6.81. The Bertz CT molecular complexity index is 237. The molecule has 1 heterocycles. The van der Waals surface area contributed by atoms with Gasteiger partial charge in [0.1, 0.15) is 0 Å². The first kappa shape index (κ1) is 16.2. The van der Waals surface area contributed by atoms with Crippen LogP contribution in [-0.2, 0) is 0 Å².